The second-order valence-corrected chi connectivity index (χ2v) is 5.05. The zero-order valence-electron chi connectivity index (χ0n) is 11.1. The molecule has 1 aromatic rings. The quantitative estimate of drug-likeness (QED) is 0.811. The summed E-state index contributed by atoms with van der Waals surface area (Å²) in [6.07, 6.45) is 6.01. The van der Waals surface area contributed by atoms with Gasteiger partial charge in [0, 0.05) is 38.2 Å². The van der Waals surface area contributed by atoms with Gasteiger partial charge in [-0.25, -0.2) is 0 Å². The van der Waals surface area contributed by atoms with Gasteiger partial charge < -0.3 is 10.1 Å². The van der Waals surface area contributed by atoms with Crippen LogP contribution in [0.4, 0.5) is 0 Å². The van der Waals surface area contributed by atoms with Crippen LogP contribution in [0.25, 0.3) is 0 Å². The molecule has 0 aliphatic carbocycles. The van der Waals surface area contributed by atoms with E-state index in [4.69, 9.17) is 4.74 Å². The molecule has 2 heterocycles. The maximum Gasteiger partial charge on any atom is 0.0469 e. The van der Waals surface area contributed by atoms with Crippen LogP contribution in [0.15, 0.2) is 36.7 Å². The molecule has 98 valence electrons. The Bertz CT molecular complexity index is 371. The lowest BCUT2D eigenvalue weighted by Gasteiger charge is -2.31. The topological polar surface area (TPSA) is 34.2 Å². The Balaban J connectivity index is 2.08. The van der Waals surface area contributed by atoms with E-state index in [0.29, 0.717) is 12.0 Å². The monoisotopic (exact) mass is 246 g/mol. The third-order valence-electron chi connectivity index (χ3n) is 3.40. The van der Waals surface area contributed by atoms with Crippen LogP contribution in [0.2, 0.25) is 0 Å². The first-order valence-electron chi connectivity index (χ1n) is 6.63. The summed E-state index contributed by atoms with van der Waals surface area (Å²) < 4.78 is 5.45. The van der Waals surface area contributed by atoms with E-state index >= 15 is 0 Å². The van der Waals surface area contributed by atoms with Crippen molar-refractivity contribution < 1.29 is 4.74 Å². The summed E-state index contributed by atoms with van der Waals surface area (Å²) in [5, 5.41) is 3.61. The van der Waals surface area contributed by atoms with Crippen molar-refractivity contribution in [3.8, 4) is 0 Å². The summed E-state index contributed by atoms with van der Waals surface area (Å²) in [5.74, 6) is 0.627. The van der Waals surface area contributed by atoms with Crippen molar-refractivity contribution >= 4 is 0 Å². The molecule has 1 N–H and O–H groups in total. The van der Waals surface area contributed by atoms with Gasteiger partial charge in [-0.2, -0.15) is 0 Å². The minimum atomic E-state index is 0.360. The summed E-state index contributed by atoms with van der Waals surface area (Å²) in [5.41, 5.74) is 2.43. The Morgan fingerprint density at radius 2 is 2.33 bits per heavy atom. The van der Waals surface area contributed by atoms with E-state index in [-0.39, 0.29) is 0 Å². The van der Waals surface area contributed by atoms with Crippen LogP contribution in [-0.2, 0) is 4.74 Å². The van der Waals surface area contributed by atoms with Gasteiger partial charge in [-0.05, 0) is 37.3 Å². The maximum absolute atomic E-state index is 5.45. The molecule has 0 amide bonds. The predicted octanol–water partition coefficient (Wildman–Crippen LogP) is 2.72. The van der Waals surface area contributed by atoms with Crippen molar-refractivity contribution in [3.63, 3.8) is 0 Å². The number of ether oxygens (including phenoxy) is 1. The highest BCUT2D eigenvalue weighted by atomic mass is 16.5. The molecule has 0 bridgehead atoms. The lowest BCUT2D eigenvalue weighted by atomic mass is 9.87. The van der Waals surface area contributed by atoms with Crippen LogP contribution in [-0.4, -0.2) is 24.7 Å². The van der Waals surface area contributed by atoms with E-state index < -0.39 is 0 Å². The molecule has 1 fully saturated rings. The summed E-state index contributed by atoms with van der Waals surface area (Å²) in [6, 6.07) is 4.52. The average Bonchev–Trinajstić information content (AvgIpc) is 2.41. The number of hydrogen-bond donors (Lipinski definition) is 1. The molecule has 1 saturated heterocycles. The fourth-order valence-electron chi connectivity index (χ4n) is 2.45. The normalized spacial score (nSPS) is 18.5. The first kappa shape index (κ1) is 13.2. The van der Waals surface area contributed by atoms with Crippen LogP contribution in [0.1, 0.15) is 31.4 Å². The van der Waals surface area contributed by atoms with Crippen molar-refractivity contribution in [2.24, 2.45) is 5.92 Å². The van der Waals surface area contributed by atoms with Crippen molar-refractivity contribution in [3.05, 3.63) is 42.2 Å². The van der Waals surface area contributed by atoms with Crippen molar-refractivity contribution in [2.45, 2.75) is 25.8 Å². The van der Waals surface area contributed by atoms with Crippen molar-refractivity contribution in [1.29, 1.82) is 0 Å². The number of pyridine rings is 1. The highest BCUT2D eigenvalue weighted by molar-refractivity contribution is 5.16. The van der Waals surface area contributed by atoms with Crippen LogP contribution in [0.3, 0.4) is 0 Å². The zero-order valence-corrected chi connectivity index (χ0v) is 11.1. The lowest BCUT2D eigenvalue weighted by Crippen LogP contribution is -2.33. The molecule has 3 nitrogen and oxygen atoms in total. The first-order valence-corrected chi connectivity index (χ1v) is 6.63. The number of rotatable bonds is 5. The Labute approximate surface area is 109 Å². The molecule has 1 aromatic heterocycles. The molecule has 2 rings (SSSR count). The minimum Gasteiger partial charge on any atom is -0.381 e. The third kappa shape index (κ3) is 3.65. The SMILES string of the molecule is C=C(C)CN[C@@H](c1cccnc1)C1CCOCC1. The molecule has 1 aliphatic rings. The van der Waals surface area contributed by atoms with E-state index in [1.165, 1.54) is 5.56 Å². The van der Waals surface area contributed by atoms with E-state index in [0.717, 1.165) is 38.2 Å². The standard InChI is InChI=1S/C15H22N2O/c1-12(2)10-17-15(13-5-8-18-9-6-13)14-4-3-7-16-11-14/h3-4,7,11,13,15,17H,1,5-6,8-10H2,2H3/t15-/m1/s1. The average molecular weight is 246 g/mol. The summed E-state index contributed by atoms with van der Waals surface area (Å²) in [4.78, 5) is 4.23. The molecular formula is C15H22N2O. The maximum atomic E-state index is 5.45. The van der Waals surface area contributed by atoms with E-state index in [1.54, 1.807) is 0 Å². The second-order valence-electron chi connectivity index (χ2n) is 5.05. The van der Waals surface area contributed by atoms with Gasteiger partial charge in [0.25, 0.3) is 0 Å². The minimum absolute atomic E-state index is 0.360. The highest BCUT2D eigenvalue weighted by Crippen LogP contribution is 2.29. The molecular weight excluding hydrogens is 224 g/mol. The van der Waals surface area contributed by atoms with E-state index in [9.17, 15) is 0 Å². The fourth-order valence-corrected chi connectivity index (χ4v) is 2.45. The molecule has 3 heteroatoms. The molecule has 0 aromatic carbocycles. The number of aromatic nitrogens is 1. The predicted molar refractivity (Wildman–Crippen MR) is 73.3 cm³/mol. The molecule has 18 heavy (non-hydrogen) atoms. The molecule has 0 unspecified atom stereocenters. The van der Waals surface area contributed by atoms with E-state index in [1.807, 2.05) is 18.5 Å². The lowest BCUT2D eigenvalue weighted by molar-refractivity contribution is 0.0539. The summed E-state index contributed by atoms with van der Waals surface area (Å²) >= 11 is 0. The van der Waals surface area contributed by atoms with Crippen molar-refractivity contribution in [1.82, 2.24) is 10.3 Å². The summed E-state index contributed by atoms with van der Waals surface area (Å²) in [7, 11) is 0. The number of hydrogen-bond acceptors (Lipinski definition) is 3. The van der Waals surface area contributed by atoms with Gasteiger partial charge in [-0.3, -0.25) is 4.98 Å². The highest BCUT2D eigenvalue weighted by Gasteiger charge is 2.25. The molecule has 0 saturated carbocycles. The van der Waals surface area contributed by atoms with Gasteiger partial charge in [0.2, 0.25) is 0 Å². The zero-order chi connectivity index (χ0) is 12.8. The smallest absolute Gasteiger partial charge is 0.0469 e. The van der Waals surface area contributed by atoms with Gasteiger partial charge in [0.15, 0.2) is 0 Å². The third-order valence-corrected chi connectivity index (χ3v) is 3.40. The van der Waals surface area contributed by atoms with Crippen LogP contribution in [0.5, 0.6) is 0 Å². The van der Waals surface area contributed by atoms with Crippen LogP contribution in [0, 0.1) is 5.92 Å². The number of nitrogens with zero attached hydrogens (tertiary/aromatic N) is 1. The first-order chi connectivity index (χ1) is 8.77. The van der Waals surface area contributed by atoms with Crippen LogP contribution < -0.4 is 5.32 Å². The van der Waals surface area contributed by atoms with Gasteiger partial charge in [-0.1, -0.05) is 18.2 Å². The van der Waals surface area contributed by atoms with Gasteiger partial charge in [0.1, 0.15) is 0 Å². The fraction of sp³-hybridized carbons (Fsp3) is 0.533. The Morgan fingerprint density at radius 3 is 2.94 bits per heavy atom. The Morgan fingerprint density at radius 1 is 1.56 bits per heavy atom. The largest absolute Gasteiger partial charge is 0.381 e. The number of nitrogens with one attached hydrogen (secondary N) is 1. The molecule has 1 aliphatic heterocycles. The Hall–Kier alpha value is -1.19. The summed E-state index contributed by atoms with van der Waals surface area (Å²) in [6.45, 7) is 8.62. The molecule has 0 spiro atoms. The van der Waals surface area contributed by atoms with Gasteiger partial charge in [0.05, 0.1) is 0 Å². The molecule has 1 atom stereocenters. The second kappa shape index (κ2) is 6.66. The van der Waals surface area contributed by atoms with Crippen molar-refractivity contribution in [2.75, 3.05) is 19.8 Å². The van der Waals surface area contributed by atoms with Crippen LogP contribution >= 0.6 is 0 Å². The van der Waals surface area contributed by atoms with Gasteiger partial charge >= 0.3 is 0 Å². The van der Waals surface area contributed by atoms with E-state index in [2.05, 4.69) is 29.9 Å². The molecule has 0 radical (unpaired) electrons. The van der Waals surface area contributed by atoms with Gasteiger partial charge in [-0.15, -0.1) is 0 Å². The Kier molecular flexibility index (Phi) is 4.90.